The first kappa shape index (κ1) is 16.6. The van der Waals surface area contributed by atoms with E-state index in [2.05, 4.69) is 32.9 Å². The molecule has 3 nitrogen and oxygen atoms in total. The van der Waals surface area contributed by atoms with Crippen LogP contribution in [0.4, 0.5) is 0 Å². The predicted octanol–water partition coefficient (Wildman–Crippen LogP) is 3.27. The summed E-state index contributed by atoms with van der Waals surface area (Å²) in [5.74, 6) is 2.61. The standard InChI is InChI=1S/C18H23O3P/c1-11-7-12(2)17(15(8-11)20-5)22-18-13(3)9-14(19-4)10-16(18)21-6/h7-10,22H,1-6H3. The van der Waals surface area contributed by atoms with Crippen molar-refractivity contribution in [2.24, 2.45) is 0 Å². The molecule has 22 heavy (non-hydrogen) atoms. The van der Waals surface area contributed by atoms with E-state index in [4.69, 9.17) is 14.2 Å². The molecule has 0 aliphatic carbocycles. The summed E-state index contributed by atoms with van der Waals surface area (Å²) < 4.78 is 16.5. The van der Waals surface area contributed by atoms with Crippen LogP contribution in [0.2, 0.25) is 0 Å². The molecule has 2 aromatic carbocycles. The summed E-state index contributed by atoms with van der Waals surface area (Å²) in [6, 6.07) is 8.25. The molecule has 0 bridgehead atoms. The van der Waals surface area contributed by atoms with Gasteiger partial charge in [0.1, 0.15) is 17.2 Å². The quantitative estimate of drug-likeness (QED) is 0.792. The van der Waals surface area contributed by atoms with Crippen molar-refractivity contribution in [1.29, 1.82) is 0 Å². The van der Waals surface area contributed by atoms with Gasteiger partial charge in [0, 0.05) is 16.7 Å². The molecular formula is C18H23O3P. The third-order valence-electron chi connectivity index (χ3n) is 3.64. The second kappa shape index (κ2) is 7.02. The molecular weight excluding hydrogens is 295 g/mol. The van der Waals surface area contributed by atoms with Gasteiger partial charge in [-0.15, -0.1) is 0 Å². The highest BCUT2D eigenvalue weighted by Gasteiger charge is 2.15. The molecule has 0 N–H and O–H groups in total. The molecule has 0 saturated carbocycles. The van der Waals surface area contributed by atoms with Crippen LogP contribution in [-0.4, -0.2) is 21.3 Å². The summed E-state index contributed by atoms with van der Waals surface area (Å²) in [6.45, 7) is 6.30. The van der Waals surface area contributed by atoms with Gasteiger partial charge >= 0.3 is 0 Å². The number of ether oxygens (including phenoxy) is 3. The molecule has 0 amide bonds. The van der Waals surface area contributed by atoms with E-state index < -0.39 is 0 Å². The van der Waals surface area contributed by atoms with Gasteiger partial charge < -0.3 is 14.2 Å². The second-order valence-electron chi connectivity index (χ2n) is 5.31. The molecule has 0 aliphatic rings. The summed E-state index contributed by atoms with van der Waals surface area (Å²) in [4.78, 5) is 0. The Balaban J connectivity index is 2.52. The van der Waals surface area contributed by atoms with E-state index in [1.54, 1.807) is 21.3 Å². The smallest absolute Gasteiger partial charge is 0.130 e. The van der Waals surface area contributed by atoms with Gasteiger partial charge in [-0.05, 0) is 49.6 Å². The third-order valence-corrected chi connectivity index (χ3v) is 5.42. The van der Waals surface area contributed by atoms with Crippen LogP contribution in [0.25, 0.3) is 0 Å². The van der Waals surface area contributed by atoms with Crippen molar-refractivity contribution in [3.63, 3.8) is 0 Å². The molecule has 118 valence electrons. The molecule has 2 rings (SSSR count). The lowest BCUT2D eigenvalue weighted by Crippen LogP contribution is -2.14. The highest BCUT2D eigenvalue weighted by Crippen LogP contribution is 2.31. The molecule has 0 aliphatic heterocycles. The van der Waals surface area contributed by atoms with Crippen molar-refractivity contribution < 1.29 is 14.2 Å². The molecule has 1 unspecified atom stereocenters. The zero-order valence-electron chi connectivity index (χ0n) is 14.0. The van der Waals surface area contributed by atoms with Crippen LogP contribution in [0.3, 0.4) is 0 Å². The van der Waals surface area contributed by atoms with E-state index in [1.165, 1.54) is 21.7 Å². The van der Waals surface area contributed by atoms with Crippen LogP contribution in [-0.2, 0) is 0 Å². The molecule has 1 atom stereocenters. The first-order valence-electron chi connectivity index (χ1n) is 7.15. The minimum atomic E-state index is 0.474. The average molecular weight is 318 g/mol. The van der Waals surface area contributed by atoms with Gasteiger partial charge in [-0.1, -0.05) is 14.6 Å². The van der Waals surface area contributed by atoms with Gasteiger partial charge in [0.05, 0.1) is 21.3 Å². The lowest BCUT2D eigenvalue weighted by Gasteiger charge is -2.17. The number of hydrogen-bond acceptors (Lipinski definition) is 3. The molecule has 0 fully saturated rings. The van der Waals surface area contributed by atoms with Crippen LogP contribution in [0, 0.1) is 20.8 Å². The average Bonchev–Trinajstić information content (AvgIpc) is 2.50. The first-order chi connectivity index (χ1) is 10.5. The normalized spacial score (nSPS) is 11.0. The zero-order chi connectivity index (χ0) is 16.3. The van der Waals surface area contributed by atoms with Crippen LogP contribution >= 0.6 is 8.58 Å². The van der Waals surface area contributed by atoms with Gasteiger partial charge in [-0.2, -0.15) is 0 Å². The van der Waals surface area contributed by atoms with E-state index in [1.807, 2.05) is 12.1 Å². The van der Waals surface area contributed by atoms with Gasteiger partial charge in [-0.25, -0.2) is 0 Å². The van der Waals surface area contributed by atoms with E-state index >= 15 is 0 Å². The van der Waals surface area contributed by atoms with Crippen molar-refractivity contribution in [3.8, 4) is 17.2 Å². The Morgan fingerprint density at radius 3 is 1.77 bits per heavy atom. The number of benzene rings is 2. The maximum absolute atomic E-state index is 5.58. The molecule has 0 radical (unpaired) electrons. The molecule has 0 spiro atoms. The van der Waals surface area contributed by atoms with Gasteiger partial charge in [0.25, 0.3) is 0 Å². The summed E-state index contributed by atoms with van der Waals surface area (Å²) in [5.41, 5.74) is 3.62. The van der Waals surface area contributed by atoms with Crippen molar-refractivity contribution in [3.05, 3.63) is 41.0 Å². The fraction of sp³-hybridized carbons (Fsp3) is 0.333. The first-order valence-corrected chi connectivity index (χ1v) is 8.15. The van der Waals surface area contributed by atoms with E-state index in [-0.39, 0.29) is 0 Å². The van der Waals surface area contributed by atoms with Gasteiger partial charge in [-0.3, -0.25) is 0 Å². The van der Waals surface area contributed by atoms with Gasteiger partial charge in [0.2, 0.25) is 0 Å². The summed E-state index contributed by atoms with van der Waals surface area (Å²) in [5, 5.41) is 2.41. The molecule has 0 heterocycles. The Bertz CT molecular complexity index is 681. The summed E-state index contributed by atoms with van der Waals surface area (Å²) in [7, 11) is 5.56. The summed E-state index contributed by atoms with van der Waals surface area (Å²) in [6.07, 6.45) is 0. The lowest BCUT2D eigenvalue weighted by molar-refractivity contribution is 0.396. The number of methoxy groups -OCH3 is 3. The molecule has 0 aromatic heterocycles. The summed E-state index contributed by atoms with van der Waals surface area (Å²) >= 11 is 0. The van der Waals surface area contributed by atoms with Crippen LogP contribution in [0.1, 0.15) is 16.7 Å². The number of rotatable bonds is 5. The van der Waals surface area contributed by atoms with Crippen molar-refractivity contribution >= 4 is 19.2 Å². The Morgan fingerprint density at radius 2 is 1.23 bits per heavy atom. The van der Waals surface area contributed by atoms with Crippen molar-refractivity contribution in [2.45, 2.75) is 20.8 Å². The molecule has 0 saturated heterocycles. The largest absolute Gasteiger partial charge is 0.497 e. The lowest BCUT2D eigenvalue weighted by atomic mass is 10.1. The van der Waals surface area contributed by atoms with E-state index in [0.29, 0.717) is 8.58 Å². The Labute approximate surface area is 134 Å². The predicted molar refractivity (Wildman–Crippen MR) is 94.3 cm³/mol. The minimum absolute atomic E-state index is 0.474. The fourth-order valence-corrected chi connectivity index (χ4v) is 3.92. The SMILES string of the molecule is COc1cc(C)c(Pc2c(C)cc(C)cc2OC)c(OC)c1. The van der Waals surface area contributed by atoms with Crippen LogP contribution < -0.4 is 24.8 Å². The Kier molecular flexibility index (Phi) is 5.31. The maximum Gasteiger partial charge on any atom is 0.130 e. The van der Waals surface area contributed by atoms with Crippen LogP contribution in [0.15, 0.2) is 24.3 Å². The van der Waals surface area contributed by atoms with Crippen molar-refractivity contribution in [1.82, 2.24) is 0 Å². The van der Waals surface area contributed by atoms with E-state index in [9.17, 15) is 0 Å². The minimum Gasteiger partial charge on any atom is -0.497 e. The third kappa shape index (κ3) is 3.36. The topological polar surface area (TPSA) is 27.7 Å². The molecule has 4 heteroatoms. The Hall–Kier alpha value is -1.73. The van der Waals surface area contributed by atoms with E-state index in [0.717, 1.165) is 22.8 Å². The van der Waals surface area contributed by atoms with Crippen LogP contribution in [0.5, 0.6) is 17.2 Å². The molecule has 2 aromatic rings. The van der Waals surface area contributed by atoms with Gasteiger partial charge in [0.15, 0.2) is 0 Å². The number of hydrogen-bond donors (Lipinski definition) is 0. The monoisotopic (exact) mass is 318 g/mol. The highest BCUT2D eigenvalue weighted by atomic mass is 31.1. The highest BCUT2D eigenvalue weighted by molar-refractivity contribution is 7.56. The number of aryl methyl sites for hydroxylation is 3. The Morgan fingerprint density at radius 1 is 0.682 bits per heavy atom. The maximum atomic E-state index is 5.58. The zero-order valence-corrected chi connectivity index (χ0v) is 15.0. The fourth-order valence-electron chi connectivity index (χ4n) is 2.54. The van der Waals surface area contributed by atoms with Crippen molar-refractivity contribution in [2.75, 3.05) is 21.3 Å². The second-order valence-corrected chi connectivity index (χ2v) is 6.56.